The number of benzene rings is 1. The van der Waals surface area contributed by atoms with Gasteiger partial charge in [-0.3, -0.25) is 0 Å². The van der Waals surface area contributed by atoms with Crippen LogP contribution in [0.3, 0.4) is 0 Å². The van der Waals surface area contributed by atoms with Gasteiger partial charge >= 0.3 is 0 Å². The lowest BCUT2D eigenvalue weighted by atomic mass is 10.4. The molecule has 2 heterocycles. The molecule has 0 atom stereocenters. The molecule has 7 heteroatoms. The van der Waals surface area contributed by atoms with Crippen molar-refractivity contribution < 1.29 is 8.91 Å². The van der Waals surface area contributed by atoms with E-state index in [4.69, 9.17) is 10.3 Å². The largest absolute Gasteiger partial charge is 0.391 e. The SMILES string of the molecule is Nc1ccc(-c2nc(CSc3ccc(F)cc3)no2)s1. The zero-order valence-electron chi connectivity index (χ0n) is 10.2. The van der Waals surface area contributed by atoms with Crippen molar-refractivity contribution in [3.8, 4) is 10.8 Å². The number of nitrogen functional groups attached to an aromatic ring is 1. The second kappa shape index (κ2) is 5.64. The summed E-state index contributed by atoms with van der Waals surface area (Å²) in [6, 6.07) is 9.96. The second-order valence-corrected chi connectivity index (χ2v) is 6.12. The molecule has 2 N–H and O–H groups in total. The number of hydrogen-bond acceptors (Lipinski definition) is 6. The molecule has 4 nitrogen and oxygen atoms in total. The molecule has 102 valence electrons. The van der Waals surface area contributed by atoms with Crippen molar-refractivity contribution in [2.24, 2.45) is 0 Å². The van der Waals surface area contributed by atoms with Gasteiger partial charge in [-0.05, 0) is 36.4 Å². The number of hydrogen-bond donors (Lipinski definition) is 1. The molecule has 0 aliphatic heterocycles. The van der Waals surface area contributed by atoms with Crippen LogP contribution in [0.4, 0.5) is 9.39 Å². The molecule has 0 saturated carbocycles. The number of thioether (sulfide) groups is 1. The predicted molar refractivity (Wildman–Crippen MR) is 78.0 cm³/mol. The maximum absolute atomic E-state index is 12.8. The maximum atomic E-state index is 12.8. The van der Waals surface area contributed by atoms with E-state index in [1.165, 1.54) is 35.2 Å². The summed E-state index contributed by atoms with van der Waals surface area (Å²) in [4.78, 5) is 6.12. The van der Waals surface area contributed by atoms with Gasteiger partial charge in [0.05, 0.1) is 15.6 Å². The van der Waals surface area contributed by atoms with Gasteiger partial charge in [-0.2, -0.15) is 4.98 Å². The van der Waals surface area contributed by atoms with E-state index in [0.29, 0.717) is 22.5 Å². The van der Waals surface area contributed by atoms with Crippen molar-refractivity contribution in [2.45, 2.75) is 10.6 Å². The zero-order valence-corrected chi connectivity index (χ0v) is 11.9. The van der Waals surface area contributed by atoms with Gasteiger partial charge in [0.1, 0.15) is 5.82 Å². The molecular weight excluding hydrogens is 297 g/mol. The first-order chi connectivity index (χ1) is 9.70. The predicted octanol–water partition coefficient (Wildman–Crippen LogP) is 3.81. The highest BCUT2D eigenvalue weighted by Gasteiger charge is 2.11. The molecule has 2 aromatic heterocycles. The van der Waals surface area contributed by atoms with E-state index in [0.717, 1.165) is 9.77 Å². The van der Waals surface area contributed by atoms with Crippen molar-refractivity contribution in [1.82, 2.24) is 10.1 Å². The summed E-state index contributed by atoms with van der Waals surface area (Å²) >= 11 is 2.93. The first kappa shape index (κ1) is 13.1. The summed E-state index contributed by atoms with van der Waals surface area (Å²) in [5.74, 6) is 1.39. The van der Waals surface area contributed by atoms with E-state index in [9.17, 15) is 4.39 Å². The van der Waals surface area contributed by atoms with Crippen LogP contribution in [0.25, 0.3) is 10.8 Å². The molecule has 20 heavy (non-hydrogen) atoms. The summed E-state index contributed by atoms with van der Waals surface area (Å²) in [6.07, 6.45) is 0. The Balaban J connectivity index is 1.67. The normalized spacial score (nSPS) is 10.8. The quantitative estimate of drug-likeness (QED) is 0.742. The Morgan fingerprint density at radius 1 is 1.20 bits per heavy atom. The molecule has 0 aliphatic rings. The Morgan fingerprint density at radius 3 is 2.70 bits per heavy atom. The standard InChI is InChI=1S/C13H10FN3OS2/c14-8-1-3-9(4-2-8)19-7-12-16-13(18-17-12)10-5-6-11(15)20-10/h1-6H,7,15H2. The van der Waals surface area contributed by atoms with Gasteiger partial charge in [-0.25, -0.2) is 4.39 Å². The van der Waals surface area contributed by atoms with E-state index < -0.39 is 0 Å². The molecule has 0 unspecified atom stereocenters. The minimum absolute atomic E-state index is 0.244. The molecule has 0 fully saturated rings. The van der Waals surface area contributed by atoms with Gasteiger partial charge in [0, 0.05) is 4.90 Å². The molecule has 0 aliphatic carbocycles. The van der Waals surface area contributed by atoms with Gasteiger partial charge in [-0.15, -0.1) is 23.1 Å². The number of rotatable bonds is 4. The highest BCUT2D eigenvalue weighted by atomic mass is 32.2. The molecular formula is C13H10FN3OS2. The topological polar surface area (TPSA) is 64.9 Å². The maximum Gasteiger partial charge on any atom is 0.268 e. The summed E-state index contributed by atoms with van der Waals surface area (Å²) < 4.78 is 18.0. The van der Waals surface area contributed by atoms with Crippen molar-refractivity contribution in [1.29, 1.82) is 0 Å². The lowest BCUT2D eigenvalue weighted by Crippen LogP contribution is -1.84. The van der Waals surface area contributed by atoms with Crippen LogP contribution in [0.15, 0.2) is 45.8 Å². The van der Waals surface area contributed by atoms with Crippen LogP contribution >= 0.6 is 23.1 Å². The summed E-state index contributed by atoms with van der Waals surface area (Å²) in [5.41, 5.74) is 5.66. The average molecular weight is 307 g/mol. The Labute approximate surface area is 122 Å². The van der Waals surface area contributed by atoms with Crippen molar-refractivity contribution in [3.63, 3.8) is 0 Å². The third-order valence-electron chi connectivity index (χ3n) is 2.49. The number of nitrogens with two attached hydrogens (primary N) is 1. The monoisotopic (exact) mass is 307 g/mol. The first-order valence-electron chi connectivity index (χ1n) is 5.77. The average Bonchev–Trinajstić information content (AvgIpc) is 3.07. The van der Waals surface area contributed by atoms with Crippen molar-refractivity contribution in [2.75, 3.05) is 5.73 Å². The van der Waals surface area contributed by atoms with Crippen LogP contribution in [0.1, 0.15) is 5.82 Å². The van der Waals surface area contributed by atoms with Gasteiger partial charge < -0.3 is 10.3 Å². The van der Waals surface area contributed by atoms with Gasteiger partial charge in [0.25, 0.3) is 5.89 Å². The number of anilines is 1. The molecule has 3 rings (SSSR count). The van der Waals surface area contributed by atoms with E-state index in [1.807, 2.05) is 6.07 Å². The highest BCUT2D eigenvalue weighted by molar-refractivity contribution is 7.98. The molecule has 0 saturated heterocycles. The van der Waals surface area contributed by atoms with Crippen LogP contribution in [0.5, 0.6) is 0 Å². The minimum Gasteiger partial charge on any atom is -0.391 e. The van der Waals surface area contributed by atoms with E-state index >= 15 is 0 Å². The lowest BCUT2D eigenvalue weighted by Gasteiger charge is -1.97. The Bertz CT molecular complexity index is 708. The number of nitrogens with zero attached hydrogens (tertiary/aromatic N) is 2. The van der Waals surface area contributed by atoms with E-state index in [-0.39, 0.29) is 5.82 Å². The summed E-state index contributed by atoms with van der Waals surface area (Å²) in [5, 5.41) is 4.63. The van der Waals surface area contributed by atoms with Crippen LogP contribution in [-0.2, 0) is 5.75 Å². The van der Waals surface area contributed by atoms with Crippen LogP contribution in [-0.4, -0.2) is 10.1 Å². The van der Waals surface area contributed by atoms with Crippen molar-refractivity contribution >= 4 is 28.1 Å². The Morgan fingerprint density at radius 2 is 2.00 bits per heavy atom. The summed E-state index contributed by atoms with van der Waals surface area (Å²) in [7, 11) is 0. The zero-order chi connectivity index (χ0) is 13.9. The van der Waals surface area contributed by atoms with Crippen molar-refractivity contribution in [3.05, 3.63) is 48.0 Å². The van der Waals surface area contributed by atoms with Crippen LogP contribution in [0, 0.1) is 5.82 Å². The van der Waals surface area contributed by atoms with Gasteiger partial charge in [-0.1, -0.05) is 5.16 Å². The second-order valence-electron chi connectivity index (χ2n) is 3.96. The molecule has 0 bridgehead atoms. The van der Waals surface area contributed by atoms with Gasteiger partial charge in [0.15, 0.2) is 5.82 Å². The highest BCUT2D eigenvalue weighted by Crippen LogP contribution is 2.29. The third-order valence-corrected chi connectivity index (χ3v) is 4.40. The molecule has 0 amide bonds. The third kappa shape index (κ3) is 3.00. The van der Waals surface area contributed by atoms with Crippen LogP contribution < -0.4 is 5.73 Å². The number of halogens is 1. The number of aromatic nitrogens is 2. The minimum atomic E-state index is -0.244. The fourth-order valence-electron chi connectivity index (χ4n) is 1.56. The van der Waals surface area contributed by atoms with E-state index in [1.54, 1.807) is 18.2 Å². The Hall–Kier alpha value is -1.86. The molecule has 3 aromatic rings. The molecule has 0 radical (unpaired) electrons. The Kier molecular flexibility index (Phi) is 3.70. The first-order valence-corrected chi connectivity index (χ1v) is 7.57. The number of thiophene rings is 1. The summed E-state index contributed by atoms with van der Waals surface area (Å²) in [6.45, 7) is 0. The van der Waals surface area contributed by atoms with Gasteiger partial charge in [0.2, 0.25) is 0 Å². The smallest absolute Gasteiger partial charge is 0.268 e. The molecule has 0 spiro atoms. The fourth-order valence-corrected chi connectivity index (χ4v) is 3.00. The fraction of sp³-hybridized carbons (Fsp3) is 0.0769. The lowest BCUT2D eigenvalue weighted by molar-refractivity contribution is 0.426. The molecule has 1 aromatic carbocycles. The van der Waals surface area contributed by atoms with Crippen LogP contribution in [0.2, 0.25) is 0 Å². The van der Waals surface area contributed by atoms with E-state index in [2.05, 4.69) is 10.1 Å².